The van der Waals surface area contributed by atoms with Gasteiger partial charge in [-0.15, -0.1) is 0 Å². The van der Waals surface area contributed by atoms with Gasteiger partial charge in [0, 0.05) is 23.7 Å². The molecule has 158 valence electrons. The third kappa shape index (κ3) is 5.50. The molecule has 1 aliphatic carbocycles. The molecule has 9 heteroatoms. The van der Waals surface area contributed by atoms with Gasteiger partial charge < -0.3 is 19.1 Å². The Morgan fingerprint density at radius 2 is 1.90 bits per heavy atom. The normalized spacial score (nSPS) is 20.4. The zero-order valence-electron chi connectivity index (χ0n) is 16.5. The molecule has 0 unspecified atom stereocenters. The van der Waals surface area contributed by atoms with Gasteiger partial charge in [-0.1, -0.05) is 0 Å². The molecule has 1 amide bonds. The number of esters is 1. The van der Waals surface area contributed by atoms with Gasteiger partial charge in [-0.2, -0.15) is 0 Å². The minimum atomic E-state index is -3.10. The maximum absolute atomic E-state index is 12.6. The molecule has 0 N–H and O–H groups in total. The SMILES string of the molecule is COc1ccc(OC)c(/C=C/C(=O)OCC(=O)N(C2CC2)[C@H]2CCS(=O)(=O)C2)c1. The summed E-state index contributed by atoms with van der Waals surface area (Å²) in [6, 6.07) is 4.90. The van der Waals surface area contributed by atoms with E-state index in [1.54, 1.807) is 23.1 Å². The molecule has 0 bridgehead atoms. The second-order valence-corrected chi connectivity index (χ2v) is 9.37. The number of hydrogen-bond donors (Lipinski definition) is 0. The number of sulfone groups is 1. The lowest BCUT2D eigenvalue weighted by atomic mass is 10.1. The predicted octanol–water partition coefficient (Wildman–Crippen LogP) is 1.44. The van der Waals surface area contributed by atoms with Gasteiger partial charge in [0.1, 0.15) is 11.5 Å². The maximum Gasteiger partial charge on any atom is 0.331 e. The van der Waals surface area contributed by atoms with Crippen molar-refractivity contribution in [3.8, 4) is 11.5 Å². The highest BCUT2D eigenvalue weighted by Gasteiger charge is 2.42. The van der Waals surface area contributed by atoms with Crippen LogP contribution >= 0.6 is 0 Å². The van der Waals surface area contributed by atoms with Crippen LogP contribution in [-0.4, -0.2) is 69.6 Å². The van der Waals surface area contributed by atoms with E-state index in [4.69, 9.17) is 14.2 Å². The molecule has 2 fully saturated rings. The van der Waals surface area contributed by atoms with E-state index >= 15 is 0 Å². The van der Waals surface area contributed by atoms with Crippen molar-refractivity contribution in [3.05, 3.63) is 29.8 Å². The Morgan fingerprint density at radius 1 is 1.14 bits per heavy atom. The van der Waals surface area contributed by atoms with E-state index in [9.17, 15) is 18.0 Å². The Labute approximate surface area is 170 Å². The van der Waals surface area contributed by atoms with E-state index in [1.165, 1.54) is 26.4 Å². The molecule has 0 radical (unpaired) electrons. The van der Waals surface area contributed by atoms with Crippen molar-refractivity contribution >= 4 is 27.8 Å². The van der Waals surface area contributed by atoms with Crippen LogP contribution in [0.2, 0.25) is 0 Å². The Hall–Kier alpha value is -2.55. The van der Waals surface area contributed by atoms with E-state index in [1.807, 2.05) is 0 Å². The lowest BCUT2D eigenvalue weighted by Crippen LogP contribution is -2.44. The summed E-state index contributed by atoms with van der Waals surface area (Å²) < 4.78 is 39.0. The molecule has 8 nitrogen and oxygen atoms in total. The van der Waals surface area contributed by atoms with Crippen molar-refractivity contribution in [1.82, 2.24) is 4.90 Å². The monoisotopic (exact) mass is 423 g/mol. The third-order valence-corrected chi connectivity index (χ3v) is 6.75. The van der Waals surface area contributed by atoms with Crippen LogP contribution in [0.15, 0.2) is 24.3 Å². The molecule has 2 aliphatic rings. The average Bonchev–Trinajstić information content (AvgIpc) is 3.47. The van der Waals surface area contributed by atoms with Crippen molar-refractivity contribution in [2.24, 2.45) is 0 Å². The summed E-state index contributed by atoms with van der Waals surface area (Å²) in [4.78, 5) is 26.2. The summed E-state index contributed by atoms with van der Waals surface area (Å²) in [5, 5.41) is 0. The minimum Gasteiger partial charge on any atom is -0.497 e. The van der Waals surface area contributed by atoms with Gasteiger partial charge in [0.2, 0.25) is 0 Å². The van der Waals surface area contributed by atoms with Crippen molar-refractivity contribution in [1.29, 1.82) is 0 Å². The van der Waals surface area contributed by atoms with Crippen LogP contribution in [0.25, 0.3) is 6.08 Å². The average molecular weight is 423 g/mol. The van der Waals surface area contributed by atoms with Crippen LogP contribution in [0.5, 0.6) is 11.5 Å². The topological polar surface area (TPSA) is 99.2 Å². The zero-order chi connectivity index (χ0) is 21.0. The lowest BCUT2D eigenvalue weighted by Gasteiger charge is -2.28. The number of ether oxygens (including phenoxy) is 3. The fraction of sp³-hybridized carbons (Fsp3) is 0.500. The van der Waals surface area contributed by atoms with Gasteiger partial charge in [0.05, 0.1) is 25.7 Å². The van der Waals surface area contributed by atoms with Gasteiger partial charge in [-0.25, -0.2) is 13.2 Å². The van der Waals surface area contributed by atoms with Crippen molar-refractivity contribution < 1.29 is 32.2 Å². The summed E-state index contributed by atoms with van der Waals surface area (Å²) in [5.74, 6) is 0.236. The van der Waals surface area contributed by atoms with Gasteiger partial charge in [0.15, 0.2) is 16.4 Å². The molecule has 1 saturated carbocycles. The van der Waals surface area contributed by atoms with E-state index in [0.717, 1.165) is 12.8 Å². The van der Waals surface area contributed by atoms with Crippen LogP contribution in [0.3, 0.4) is 0 Å². The van der Waals surface area contributed by atoms with Gasteiger partial charge in [-0.3, -0.25) is 4.79 Å². The summed E-state index contributed by atoms with van der Waals surface area (Å²) in [6.07, 6.45) is 4.88. The Bertz CT molecular complexity index is 905. The highest BCUT2D eigenvalue weighted by Crippen LogP contribution is 2.32. The summed E-state index contributed by atoms with van der Waals surface area (Å²) in [5.41, 5.74) is 0.630. The second-order valence-electron chi connectivity index (χ2n) is 7.14. The molecule has 29 heavy (non-hydrogen) atoms. The first-order chi connectivity index (χ1) is 13.8. The number of benzene rings is 1. The summed E-state index contributed by atoms with van der Waals surface area (Å²) in [7, 11) is -0.0399. The Kier molecular flexibility index (Phi) is 6.46. The summed E-state index contributed by atoms with van der Waals surface area (Å²) in [6.45, 7) is -0.411. The number of hydrogen-bond acceptors (Lipinski definition) is 7. The Morgan fingerprint density at radius 3 is 2.48 bits per heavy atom. The molecular formula is C20H25NO7S. The highest BCUT2D eigenvalue weighted by atomic mass is 32.2. The third-order valence-electron chi connectivity index (χ3n) is 5.00. The van der Waals surface area contributed by atoms with Crippen molar-refractivity contribution in [2.45, 2.75) is 31.3 Å². The minimum absolute atomic E-state index is 0.0152. The Balaban J connectivity index is 1.58. The first-order valence-electron chi connectivity index (χ1n) is 9.41. The summed E-state index contributed by atoms with van der Waals surface area (Å²) >= 11 is 0. The molecule has 1 atom stereocenters. The van der Waals surface area contributed by atoms with Gasteiger partial charge in [0.25, 0.3) is 5.91 Å². The number of methoxy groups -OCH3 is 2. The predicted molar refractivity (Wildman–Crippen MR) is 106 cm³/mol. The standard InChI is InChI=1S/C20H25NO7S/c1-26-17-6-7-18(27-2)14(11-17)3-8-20(23)28-12-19(22)21(15-4-5-15)16-9-10-29(24,25)13-16/h3,6-8,11,15-16H,4-5,9-10,12-13H2,1-2H3/b8-3+/t16-/m0/s1. The van der Waals surface area contributed by atoms with Crippen LogP contribution in [0.1, 0.15) is 24.8 Å². The number of rotatable bonds is 8. The number of amides is 1. The molecule has 3 rings (SSSR count). The highest BCUT2D eigenvalue weighted by molar-refractivity contribution is 7.91. The quantitative estimate of drug-likeness (QED) is 0.461. The maximum atomic E-state index is 12.6. The molecule has 1 saturated heterocycles. The molecule has 0 aromatic heterocycles. The van der Waals surface area contributed by atoms with Crippen molar-refractivity contribution in [3.63, 3.8) is 0 Å². The number of nitrogens with zero attached hydrogens (tertiary/aromatic N) is 1. The molecule has 1 aliphatic heterocycles. The molecular weight excluding hydrogens is 398 g/mol. The smallest absolute Gasteiger partial charge is 0.331 e. The largest absolute Gasteiger partial charge is 0.497 e. The van der Waals surface area contributed by atoms with Gasteiger partial charge >= 0.3 is 5.97 Å². The fourth-order valence-electron chi connectivity index (χ4n) is 3.44. The van der Waals surface area contributed by atoms with E-state index < -0.39 is 22.4 Å². The van der Waals surface area contributed by atoms with Crippen molar-refractivity contribution in [2.75, 3.05) is 32.3 Å². The number of carbonyl (C=O) groups excluding carboxylic acids is 2. The van der Waals surface area contributed by atoms with Crippen LogP contribution in [0, 0.1) is 0 Å². The van der Waals surface area contributed by atoms with Gasteiger partial charge in [-0.05, 0) is 43.5 Å². The van der Waals surface area contributed by atoms with Crippen LogP contribution < -0.4 is 9.47 Å². The van der Waals surface area contributed by atoms with E-state index in [-0.39, 0.29) is 29.5 Å². The molecule has 1 heterocycles. The number of carbonyl (C=O) groups is 2. The molecule has 1 aromatic rings. The first-order valence-corrected chi connectivity index (χ1v) is 11.2. The van der Waals surface area contributed by atoms with Crippen LogP contribution in [-0.2, 0) is 24.2 Å². The lowest BCUT2D eigenvalue weighted by molar-refractivity contribution is -0.149. The molecule has 1 aromatic carbocycles. The zero-order valence-corrected chi connectivity index (χ0v) is 17.3. The van der Waals surface area contributed by atoms with E-state index in [0.29, 0.717) is 23.5 Å². The van der Waals surface area contributed by atoms with E-state index in [2.05, 4.69) is 0 Å². The van der Waals surface area contributed by atoms with Crippen LogP contribution in [0.4, 0.5) is 0 Å². The fourth-order valence-corrected chi connectivity index (χ4v) is 5.15. The second kappa shape index (κ2) is 8.86. The first kappa shape index (κ1) is 21.2. The molecule has 0 spiro atoms.